The predicted octanol–water partition coefficient (Wildman–Crippen LogP) is 4.25. The van der Waals surface area contributed by atoms with Gasteiger partial charge in [0.2, 0.25) is 0 Å². The molecule has 1 amide bonds. The number of aryl methyl sites for hydroxylation is 1. The van der Waals surface area contributed by atoms with Crippen LogP contribution >= 0.6 is 0 Å². The molecule has 1 fully saturated rings. The van der Waals surface area contributed by atoms with E-state index in [2.05, 4.69) is 49.9 Å². The second-order valence-corrected chi connectivity index (χ2v) is 7.86. The highest BCUT2D eigenvalue weighted by molar-refractivity contribution is 5.95. The molecule has 1 aliphatic rings. The number of nitrogens with zero attached hydrogens (tertiary/aromatic N) is 2. The van der Waals surface area contributed by atoms with Gasteiger partial charge in [0.05, 0.1) is 0 Å². The molecule has 0 N–H and O–H groups in total. The number of carbonyl (C=O) groups excluding carboxylic acids is 1. The zero-order valence-corrected chi connectivity index (χ0v) is 15.7. The number of anilines is 1. The summed E-state index contributed by atoms with van der Waals surface area (Å²) in [6.07, 6.45) is 0. The molecule has 132 valence electrons. The molecule has 0 aliphatic carbocycles. The summed E-state index contributed by atoms with van der Waals surface area (Å²) in [6, 6.07) is 16.5. The highest BCUT2D eigenvalue weighted by atomic mass is 16.2. The van der Waals surface area contributed by atoms with Crippen LogP contribution in [0.1, 0.15) is 42.3 Å². The van der Waals surface area contributed by atoms with Crippen LogP contribution in [0, 0.1) is 6.92 Å². The molecule has 3 rings (SSSR count). The minimum atomic E-state index is 0.116. The number of hydrogen-bond donors (Lipinski definition) is 0. The minimum absolute atomic E-state index is 0.116. The van der Waals surface area contributed by atoms with Gasteiger partial charge in [-0.15, -0.1) is 0 Å². The van der Waals surface area contributed by atoms with E-state index in [1.54, 1.807) is 0 Å². The van der Waals surface area contributed by atoms with Gasteiger partial charge in [0.1, 0.15) is 0 Å². The minimum Gasteiger partial charge on any atom is -0.368 e. The summed E-state index contributed by atoms with van der Waals surface area (Å²) in [5.74, 6) is 0.154. The first-order valence-corrected chi connectivity index (χ1v) is 9.07. The maximum atomic E-state index is 12.8. The van der Waals surface area contributed by atoms with Crippen LogP contribution in [0.4, 0.5) is 5.69 Å². The first-order valence-electron chi connectivity index (χ1n) is 9.07. The average Bonchev–Trinajstić information content (AvgIpc) is 2.61. The van der Waals surface area contributed by atoms with E-state index in [0.29, 0.717) is 0 Å². The van der Waals surface area contributed by atoms with Crippen LogP contribution in [0.3, 0.4) is 0 Å². The fraction of sp³-hybridized carbons (Fsp3) is 0.409. The van der Waals surface area contributed by atoms with Crippen molar-refractivity contribution in [3.63, 3.8) is 0 Å². The molecular weight excluding hydrogens is 308 g/mol. The Kier molecular flexibility index (Phi) is 4.85. The van der Waals surface area contributed by atoms with Crippen molar-refractivity contribution in [1.29, 1.82) is 0 Å². The summed E-state index contributed by atoms with van der Waals surface area (Å²) in [4.78, 5) is 17.2. The van der Waals surface area contributed by atoms with Crippen molar-refractivity contribution >= 4 is 11.6 Å². The van der Waals surface area contributed by atoms with E-state index in [1.165, 1.54) is 11.3 Å². The monoisotopic (exact) mass is 336 g/mol. The van der Waals surface area contributed by atoms with Crippen LogP contribution in [0.5, 0.6) is 0 Å². The third-order valence-corrected chi connectivity index (χ3v) is 5.00. The molecule has 1 aliphatic heterocycles. The maximum Gasteiger partial charge on any atom is 0.254 e. The normalized spacial score (nSPS) is 15.4. The number of benzene rings is 2. The summed E-state index contributed by atoms with van der Waals surface area (Å²) >= 11 is 0. The fourth-order valence-electron chi connectivity index (χ4n) is 3.52. The molecule has 0 bridgehead atoms. The van der Waals surface area contributed by atoms with Gasteiger partial charge in [-0.05, 0) is 35.6 Å². The number of hydrogen-bond acceptors (Lipinski definition) is 2. The number of piperazine rings is 1. The highest BCUT2D eigenvalue weighted by Crippen LogP contribution is 2.32. The van der Waals surface area contributed by atoms with Crippen LogP contribution in [-0.2, 0) is 5.41 Å². The lowest BCUT2D eigenvalue weighted by molar-refractivity contribution is 0.0746. The first-order chi connectivity index (χ1) is 11.9. The highest BCUT2D eigenvalue weighted by Gasteiger charge is 2.26. The molecule has 0 aromatic heterocycles. The Morgan fingerprint density at radius 3 is 2.12 bits per heavy atom. The molecule has 2 aromatic rings. The van der Waals surface area contributed by atoms with E-state index in [0.717, 1.165) is 37.3 Å². The number of rotatable bonds is 2. The molecule has 1 saturated heterocycles. The quantitative estimate of drug-likeness (QED) is 0.818. The predicted molar refractivity (Wildman–Crippen MR) is 104 cm³/mol. The van der Waals surface area contributed by atoms with Crippen LogP contribution < -0.4 is 4.90 Å². The molecule has 1 heterocycles. The third kappa shape index (κ3) is 3.71. The van der Waals surface area contributed by atoms with Gasteiger partial charge in [0.15, 0.2) is 0 Å². The van der Waals surface area contributed by atoms with Gasteiger partial charge in [-0.3, -0.25) is 4.79 Å². The van der Waals surface area contributed by atoms with Gasteiger partial charge in [0.25, 0.3) is 5.91 Å². The van der Waals surface area contributed by atoms with E-state index < -0.39 is 0 Å². The van der Waals surface area contributed by atoms with Crippen LogP contribution in [0.2, 0.25) is 0 Å². The Balaban J connectivity index is 1.73. The van der Waals surface area contributed by atoms with Gasteiger partial charge in [-0.25, -0.2) is 0 Å². The summed E-state index contributed by atoms with van der Waals surface area (Å²) in [5.41, 5.74) is 4.66. The summed E-state index contributed by atoms with van der Waals surface area (Å²) in [6.45, 7) is 12.1. The maximum absolute atomic E-state index is 12.8. The van der Waals surface area contributed by atoms with E-state index >= 15 is 0 Å². The van der Waals surface area contributed by atoms with Gasteiger partial charge in [-0.1, -0.05) is 57.2 Å². The Bertz CT molecular complexity index is 753. The summed E-state index contributed by atoms with van der Waals surface area (Å²) in [7, 11) is 0. The number of carbonyl (C=O) groups is 1. The van der Waals surface area contributed by atoms with Crippen molar-refractivity contribution in [3.8, 4) is 0 Å². The molecule has 25 heavy (non-hydrogen) atoms. The molecule has 3 heteroatoms. The number of para-hydroxylation sites is 1. The third-order valence-electron chi connectivity index (χ3n) is 5.00. The molecule has 0 unspecified atom stereocenters. The second-order valence-electron chi connectivity index (χ2n) is 7.86. The van der Waals surface area contributed by atoms with Crippen molar-refractivity contribution in [3.05, 3.63) is 65.2 Å². The average molecular weight is 336 g/mol. The SMILES string of the molecule is Cc1ccccc1C(=O)N1CCN(c2ccccc2C(C)(C)C)CC1. The zero-order chi connectivity index (χ0) is 18.0. The number of amides is 1. The van der Waals surface area contributed by atoms with Crippen LogP contribution in [0.25, 0.3) is 0 Å². The molecule has 0 atom stereocenters. The van der Waals surface area contributed by atoms with Gasteiger partial charge in [0, 0.05) is 37.4 Å². The smallest absolute Gasteiger partial charge is 0.254 e. The van der Waals surface area contributed by atoms with Crippen molar-refractivity contribution in [2.75, 3.05) is 31.1 Å². The van der Waals surface area contributed by atoms with Gasteiger partial charge < -0.3 is 9.80 Å². The van der Waals surface area contributed by atoms with E-state index in [4.69, 9.17) is 0 Å². The van der Waals surface area contributed by atoms with Crippen LogP contribution in [0.15, 0.2) is 48.5 Å². The molecular formula is C22H28N2O. The lowest BCUT2D eigenvalue weighted by Gasteiger charge is -2.38. The van der Waals surface area contributed by atoms with Gasteiger partial charge >= 0.3 is 0 Å². The molecule has 0 radical (unpaired) electrons. The lowest BCUT2D eigenvalue weighted by Crippen LogP contribution is -2.49. The summed E-state index contributed by atoms with van der Waals surface area (Å²) in [5, 5.41) is 0. The Morgan fingerprint density at radius 1 is 0.880 bits per heavy atom. The largest absolute Gasteiger partial charge is 0.368 e. The van der Waals surface area contributed by atoms with Gasteiger partial charge in [-0.2, -0.15) is 0 Å². The van der Waals surface area contributed by atoms with E-state index in [9.17, 15) is 4.79 Å². The second kappa shape index (κ2) is 6.91. The Morgan fingerprint density at radius 2 is 1.48 bits per heavy atom. The molecule has 0 spiro atoms. The molecule has 3 nitrogen and oxygen atoms in total. The molecule has 0 saturated carbocycles. The standard InChI is InChI=1S/C22H28N2O/c1-17-9-5-6-10-18(17)21(25)24-15-13-23(14-16-24)20-12-8-7-11-19(20)22(2,3)4/h5-12H,13-16H2,1-4H3. The van der Waals surface area contributed by atoms with Crippen molar-refractivity contribution in [2.24, 2.45) is 0 Å². The molecule has 2 aromatic carbocycles. The van der Waals surface area contributed by atoms with E-state index in [1.807, 2.05) is 36.1 Å². The zero-order valence-electron chi connectivity index (χ0n) is 15.7. The van der Waals surface area contributed by atoms with E-state index in [-0.39, 0.29) is 11.3 Å². The van der Waals surface area contributed by atoms with Crippen molar-refractivity contribution in [1.82, 2.24) is 4.90 Å². The lowest BCUT2D eigenvalue weighted by atomic mass is 9.85. The Labute approximate surface area is 151 Å². The topological polar surface area (TPSA) is 23.6 Å². The first kappa shape index (κ1) is 17.5. The fourth-order valence-corrected chi connectivity index (χ4v) is 3.52. The van der Waals surface area contributed by atoms with Crippen molar-refractivity contribution in [2.45, 2.75) is 33.1 Å². The Hall–Kier alpha value is -2.29. The summed E-state index contributed by atoms with van der Waals surface area (Å²) < 4.78 is 0. The van der Waals surface area contributed by atoms with Crippen molar-refractivity contribution < 1.29 is 4.79 Å². The van der Waals surface area contributed by atoms with Crippen LogP contribution in [-0.4, -0.2) is 37.0 Å².